The standard InChI is InChI=1S/C10H4ClF4N3/c11-10-16-3-7(15)9(18-10)17-8-5(13)1-4(12)2-6(8)14/h1-3H,(H,16,17,18). The molecule has 0 fully saturated rings. The van der Waals surface area contributed by atoms with Gasteiger partial charge in [-0.05, 0) is 11.6 Å². The van der Waals surface area contributed by atoms with Gasteiger partial charge in [-0.2, -0.15) is 4.98 Å². The van der Waals surface area contributed by atoms with E-state index in [2.05, 4.69) is 9.97 Å². The summed E-state index contributed by atoms with van der Waals surface area (Å²) < 4.78 is 52.5. The van der Waals surface area contributed by atoms with E-state index in [0.29, 0.717) is 12.1 Å². The Morgan fingerprint density at radius 2 is 1.61 bits per heavy atom. The topological polar surface area (TPSA) is 37.8 Å². The summed E-state index contributed by atoms with van der Waals surface area (Å²) in [6.45, 7) is 0. The number of hydrogen-bond acceptors (Lipinski definition) is 3. The molecule has 0 saturated heterocycles. The van der Waals surface area contributed by atoms with E-state index in [4.69, 9.17) is 11.6 Å². The predicted molar refractivity (Wildman–Crippen MR) is 56.6 cm³/mol. The first kappa shape index (κ1) is 12.6. The molecule has 0 radical (unpaired) electrons. The van der Waals surface area contributed by atoms with E-state index in [1.807, 2.05) is 5.32 Å². The predicted octanol–water partition coefficient (Wildman–Crippen LogP) is 3.43. The van der Waals surface area contributed by atoms with Crippen LogP contribution in [0.5, 0.6) is 0 Å². The summed E-state index contributed by atoms with van der Waals surface area (Å²) in [4.78, 5) is 6.75. The maximum atomic E-state index is 13.3. The van der Waals surface area contributed by atoms with Crippen LogP contribution in [0.25, 0.3) is 0 Å². The van der Waals surface area contributed by atoms with Crippen molar-refractivity contribution in [3.05, 3.63) is 46.9 Å². The van der Waals surface area contributed by atoms with Crippen LogP contribution in [0.3, 0.4) is 0 Å². The smallest absolute Gasteiger partial charge is 0.224 e. The molecule has 0 aliphatic rings. The number of hydrogen-bond donors (Lipinski definition) is 1. The highest BCUT2D eigenvalue weighted by Crippen LogP contribution is 2.25. The van der Waals surface area contributed by atoms with Gasteiger partial charge in [0, 0.05) is 12.1 Å². The van der Waals surface area contributed by atoms with Crippen molar-refractivity contribution in [3.8, 4) is 0 Å². The normalized spacial score (nSPS) is 10.5. The van der Waals surface area contributed by atoms with Crippen LogP contribution in [0, 0.1) is 23.3 Å². The molecule has 2 aromatic rings. The first-order valence-electron chi connectivity index (χ1n) is 4.57. The highest BCUT2D eigenvalue weighted by Gasteiger charge is 2.14. The molecule has 0 aliphatic heterocycles. The lowest BCUT2D eigenvalue weighted by Crippen LogP contribution is -2.03. The Balaban J connectivity index is 2.43. The van der Waals surface area contributed by atoms with Gasteiger partial charge in [-0.3, -0.25) is 0 Å². The van der Waals surface area contributed by atoms with Gasteiger partial charge in [0.05, 0.1) is 6.20 Å². The maximum absolute atomic E-state index is 13.3. The molecule has 0 atom stereocenters. The van der Waals surface area contributed by atoms with Crippen molar-refractivity contribution in [1.29, 1.82) is 0 Å². The summed E-state index contributed by atoms with van der Waals surface area (Å²) in [7, 11) is 0. The van der Waals surface area contributed by atoms with Crippen LogP contribution in [0.2, 0.25) is 5.28 Å². The van der Waals surface area contributed by atoms with E-state index in [1.165, 1.54) is 0 Å². The van der Waals surface area contributed by atoms with Crippen molar-refractivity contribution < 1.29 is 17.6 Å². The molecule has 18 heavy (non-hydrogen) atoms. The first-order chi connectivity index (χ1) is 8.47. The summed E-state index contributed by atoms with van der Waals surface area (Å²) >= 11 is 5.41. The Labute approximate surface area is 103 Å². The molecular weight excluding hydrogens is 274 g/mol. The monoisotopic (exact) mass is 277 g/mol. The number of aromatic nitrogens is 2. The molecule has 94 valence electrons. The van der Waals surface area contributed by atoms with E-state index in [1.54, 1.807) is 0 Å². The molecule has 2 rings (SSSR count). The van der Waals surface area contributed by atoms with Gasteiger partial charge in [-0.25, -0.2) is 22.5 Å². The van der Waals surface area contributed by atoms with Gasteiger partial charge in [0.2, 0.25) is 5.28 Å². The van der Waals surface area contributed by atoms with E-state index in [0.717, 1.165) is 6.20 Å². The third-order valence-corrected chi connectivity index (χ3v) is 2.15. The molecular formula is C10H4ClF4N3. The lowest BCUT2D eigenvalue weighted by molar-refractivity contribution is 0.548. The van der Waals surface area contributed by atoms with E-state index in [9.17, 15) is 17.6 Å². The third-order valence-electron chi connectivity index (χ3n) is 1.96. The van der Waals surface area contributed by atoms with Crippen molar-refractivity contribution in [2.75, 3.05) is 5.32 Å². The van der Waals surface area contributed by atoms with Crippen LogP contribution in [-0.4, -0.2) is 9.97 Å². The Hall–Kier alpha value is -1.89. The number of anilines is 2. The SMILES string of the molecule is Fc1cc(F)c(Nc2nc(Cl)ncc2F)c(F)c1. The Bertz CT molecular complexity index is 583. The average Bonchev–Trinajstić information content (AvgIpc) is 2.28. The second kappa shape index (κ2) is 4.77. The number of rotatable bonds is 2. The fraction of sp³-hybridized carbons (Fsp3) is 0. The van der Waals surface area contributed by atoms with Crippen LogP contribution in [0.1, 0.15) is 0 Å². The molecule has 1 heterocycles. The lowest BCUT2D eigenvalue weighted by atomic mass is 10.2. The zero-order valence-corrected chi connectivity index (χ0v) is 9.27. The number of benzene rings is 1. The van der Waals surface area contributed by atoms with Gasteiger partial charge in [0.1, 0.15) is 11.5 Å². The van der Waals surface area contributed by atoms with Crippen LogP contribution >= 0.6 is 11.6 Å². The second-order valence-electron chi connectivity index (χ2n) is 3.21. The van der Waals surface area contributed by atoms with Crippen LogP contribution in [0.15, 0.2) is 18.3 Å². The largest absolute Gasteiger partial charge is 0.333 e. The van der Waals surface area contributed by atoms with Crippen LogP contribution in [-0.2, 0) is 0 Å². The molecule has 3 nitrogen and oxygen atoms in total. The van der Waals surface area contributed by atoms with Gasteiger partial charge in [0.25, 0.3) is 0 Å². The molecule has 0 unspecified atom stereocenters. The lowest BCUT2D eigenvalue weighted by Gasteiger charge is -2.08. The summed E-state index contributed by atoms with van der Waals surface area (Å²) in [5.74, 6) is -5.00. The molecule has 1 N–H and O–H groups in total. The molecule has 0 bridgehead atoms. The highest BCUT2D eigenvalue weighted by atomic mass is 35.5. The van der Waals surface area contributed by atoms with Crippen LogP contribution < -0.4 is 5.32 Å². The minimum Gasteiger partial charge on any atom is -0.333 e. The van der Waals surface area contributed by atoms with Gasteiger partial charge in [-0.15, -0.1) is 0 Å². The number of halogens is 5. The fourth-order valence-electron chi connectivity index (χ4n) is 1.21. The van der Waals surface area contributed by atoms with Crippen molar-refractivity contribution in [2.24, 2.45) is 0 Å². The fourth-order valence-corrected chi connectivity index (χ4v) is 1.35. The molecule has 8 heteroatoms. The van der Waals surface area contributed by atoms with Gasteiger partial charge in [-0.1, -0.05) is 0 Å². The quantitative estimate of drug-likeness (QED) is 0.675. The van der Waals surface area contributed by atoms with Gasteiger partial charge in [0.15, 0.2) is 23.3 Å². The van der Waals surface area contributed by atoms with Crippen molar-refractivity contribution in [3.63, 3.8) is 0 Å². The van der Waals surface area contributed by atoms with Crippen LogP contribution in [0.4, 0.5) is 29.1 Å². The zero-order chi connectivity index (χ0) is 13.3. The summed E-state index contributed by atoms with van der Waals surface area (Å²) in [6, 6.07) is 0.901. The number of nitrogens with one attached hydrogen (secondary N) is 1. The molecule has 1 aromatic heterocycles. The molecule has 0 amide bonds. The van der Waals surface area contributed by atoms with Crippen molar-refractivity contribution in [2.45, 2.75) is 0 Å². The molecule has 0 spiro atoms. The minimum absolute atomic E-state index is 0.304. The summed E-state index contributed by atoms with van der Waals surface area (Å²) in [5, 5.41) is 1.75. The second-order valence-corrected chi connectivity index (χ2v) is 3.54. The van der Waals surface area contributed by atoms with Crippen molar-refractivity contribution in [1.82, 2.24) is 9.97 Å². The zero-order valence-electron chi connectivity index (χ0n) is 8.52. The average molecular weight is 278 g/mol. The Morgan fingerprint density at radius 1 is 1.00 bits per heavy atom. The summed E-state index contributed by atoms with van der Waals surface area (Å²) in [6.07, 6.45) is 0.733. The molecule has 1 aromatic carbocycles. The van der Waals surface area contributed by atoms with E-state index in [-0.39, 0.29) is 5.28 Å². The summed E-state index contributed by atoms with van der Waals surface area (Å²) in [5.41, 5.74) is -0.731. The molecule has 0 aliphatic carbocycles. The van der Waals surface area contributed by atoms with Crippen molar-refractivity contribution >= 4 is 23.1 Å². The Morgan fingerprint density at radius 3 is 2.22 bits per heavy atom. The highest BCUT2D eigenvalue weighted by molar-refractivity contribution is 6.28. The molecule has 0 saturated carbocycles. The van der Waals surface area contributed by atoms with Gasteiger partial charge < -0.3 is 5.32 Å². The number of nitrogens with zero attached hydrogens (tertiary/aromatic N) is 2. The van der Waals surface area contributed by atoms with E-state index < -0.39 is 34.8 Å². The first-order valence-corrected chi connectivity index (χ1v) is 4.95. The van der Waals surface area contributed by atoms with E-state index >= 15 is 0 Å². The minimum atomic E-state index is -1.22. The maximum Gasteiger partial charge on any atom is 0.224 e. The Kier molecular flexibility index (Phi) is 3.33. The van der Waals surface area contributed by atoms with Gasteiger partial charge >= 0.3 is 0 Å². The third kappa shape index (κ3) is 2.51.